The molecular weight excluding hydrogens is 176 g/mol. The largest absolute Gasteiger partial charge is 0.378 e. The third-order valence-electron chi connectivity index (χ3n) is 3.79. The minimum absolute atomic E-state index is 0.205. The highest BCUT2D eigenvalue weighted by Crippen LogP contribution is 2.36. The molecule has 14 heavy (non-hydrogen) atoms. The van der Waals surface area contributed by atoms with Gasteiger partial charge in [-0.15, -0.1) is 0 Å². The zero-order valence-electron chi connectivity index (χ0n) is 9.33. The minimum atomic E-state index is 0.205. The Balaban J connectivity index is 2.01. The van der Waals surface area contributed by atoms with Crippen LogP contribution in [-0.2, 0) is 4.74 Å². The van der Waals surface area contributed by atoms with Crippen LogP contribution in [0.15, 0.2) is 0 Å². The highest BCUT2D eigenvalue weighted by atomic mass is 16.5. The van der Waals surface area contributed by atoms with Gasteiger partial charge in [-0.2, -0.15) is 0 Å². The molecule has 2 rings (SSSR count). The molecule has 2 aliphatic rings. The predicted octanol–water partition coefficient (Wildman–Crippen LogP) is 0.835. The van der Waals surface area contributed by atoms with Crippen molar-refractivity contribution in [3.63, 3.8) is 0 Å². The molecule has 2 fully saturated rings. The van der Waals surface area contributed by atoms with Gasteiger partial charge in [0.2, 0.25) is 0 Å². The zero-order valence-corrected chi connectivity index (χ0v) is 9.33. The molecule has 1 aliphatic carbocycles. The molecule has 1 saturated carbocycles. The molecule has 2 unspecified atom stereocenters. The molecule has 0 aromatic rings. The lowest BCUT2D eigenvalue weighted by molar-refractivity contribution is -0.102. The van der Waals surface area contributed by atoms with Gasteiger partial charge in [-0.05, 0) is 39.2 Å². The number of nitrogens with zero attached hydrogens (tertiary/aromatic N) is 1. The fourth-order valence-corrected chi connectivity index (χ4v) is 2.72. The van der Waals surface area contributed by atoms with Gasteiger partial charge in [0.25, 0.3) is 0 Å². The SMILES string of the molecule is CC1(C)COCCN1C1CCC1CN. The second kappa shape index (κ2) is 3.80. The Morgan fingerprint density at radius 2 is 2.21 bits per heavy atom. The topological polar surface area (TPSA) is 38.5 Å². The summed E-state index contributed by atoms with van der Waals surface area (Å²) in [5.74, 6) is 0.729. The first-order valence-corrected chi connectivity index (χ1v) is 5.70. The Morgan fingerprint density at radius 3 is 2.71 bits per heavy atom. The number of hydrogen-bond donors (Lipinski definition) is 1. The molecule has 0 bridgehead atoms. The van der Waals surface area contributed by atoms with Crippen LogP contribution < -0.4 is 5.73 Å². The van der Waals surface area contributed by atoms with Crippen molar-refractivity contribution in [2.24, 2.45) is 11.7 Å². The first kappa shape index (κ1) is 10.4. The number of nitrogens with two attached hydrogens (primary N) is 1. The average molecular weight is 198 g/mol. The van der Waals surface area contributed by atoms with E-state index in [0.717, 1.165) is 38.3 Å². The summed E-state index contributed by atoms with van der Waals surface area (Å²) in [5, 5.41) is 0. The van der Waals surface area contributed by atoms with Gasteiger partial charge in [0.05, 0.1) is 13.2 Å². The smallest absolute Gasteiger partial charge is 0.0645 e. The highest BCUT2D eigenvalue weighted by molar-refractivity contribution is 4.96. The first-order chi connectivity index (χ1) is 6.65. The van der Waals surface area contributed by atoms with Crippen molar-refractivity contribution in [1.29, 1.82) is 0 Å². The summed E-state index contributed by atoms with van der Waals surface area (Å²) in [6, 6.07) is 0.721. The van der Waals surface area contributed by atoms with E-state index in [0.29, 0.717) is 0 Å². The lowest BCUT2D eigenvalue weighted by Gasteiger charge is -2.53. The molecule has 82 valence electrons. The van der Waals surface area contributed by atoms with E-state index in [1.807, 2.05) is 0 Å². The molecule has 0 aromatic heterocycles. The fraction of sp³-hybridized carbons (Fsp3) is 1.00. The van der Waals surface area contributed by atoms with Gasteiger partial charge in [0.15, 0.2) is 0 Å². The van der Waals surface area contributed by atoms with Gasteiger partial charge in [0.1, 0.15) is 0 Å². The third kappa shape index (κ3) is 1.69. The van der Waals surface area contributed by atoms with Crippen LogP contribution >= 0.6 is 0 Å². The maximum absolute atomic E-state index is 5.76. The van der Waals surface area contributed by atoms with Crippen LogP contribution in [0.25, 0.3) is 0 Å². The molecule has 0 radical (unpaired) electrons. The minimum Gasteiger partial charge on any atom is -0.378 e. The van der Waals surface area contributed by atoms with E-state index in [4.69, 9.17) is 10.5 Å². The number of morpholine rings is 1. The van der Waals surface area contributed by atoms with Crippen LogP contribution in [0.5, 0.6) is 0 Å². The van der Waals surface area contributed by atoms with Gasteiger partial charge >= 0.3 is 0 Å². The summed E-state index contributed by atoms with van der Waals surface area (Å²) >= 11 is 0. The molecule has 1 saturated heterocycles. The molecule has 1 heterocycles. The summed E-state index contributed by atoms with van der Waals surface area (Å²) < 4.78 is 5.53. The van der Waals surface area contributed by atoms with Crippen molar-refractivity contribution in [1.82, 2.24) is 4.90 Å². The third-order valence-corrected chi connectivity index (χ3v) is 3.79. The van der Waals surface area contributed by atoms with Crippen molar-refractivity contribution >= 4 is 0 Å². The molecule has 1 aliphatic heterocycles. The lowest BCUT2D eigenvalue weighted by Crippen LogP contribution is -2.62. The molecule has 0 aromatic carbocycles. The standard InChI is InChI=1S/C11H22N2O/c1-11(2)8-14-6-5-13(11)10-4-3-9(10)7-12/h9-10H,3-8,12H2,1-2H3. The summed E-state index contributed by atoms with van der Waals surface area (Å²) in [4.78, 5) is 2.61. The van der Waals surface area contributed by atoms with Gasteiger partial charge in [-0.25, -0.2) is 0 Å². The highest BCUT2D eigenvalue weighted by Gasteiger charge is 2.42. The van der Waals surface area contributed by atoms with Crippen molar-refractivity contribution in [3.05, 3.63) is 0 Å². The van der Waals surface area contributed by atoms with Crippen LogP contribution in [0.2, 0.25) is 0 Å². The summed E-state index contributed by atoms with van der Waals surface area (Å²) in [7, 11) is 0. The molecule has 3 heteroatoms. The monoisotopic (exact) mass is 198 g/mol. The molecular formula is C11H22N2O. The van der Waals surface area contributed by atoms with Crippen molar-refractivity contribution in [2.75, 3.05) is 26.3 Å². The van der Waals surface area contributed by atoms with E-state index in [9.17, 15) is 0 Å². The van der Waals surface area contributed by atoms with E-state index in [-0.39, 0.29) is 5.54 Å². The van der Waals surface area contributed by atoms with E-state index in [2.05, 4.69) is 18.7 Å². The van der Waals surface area contributed by atoms with Crippen molar-refractivity contribution in [2.45, 2.75) is 38.3 Å². The first-order valence-electron chi connectivity index (χ1n) is 5.70. The molecule has 0 amide bonds. The van der Waals surface area contributed by atoms with E-state index < -0.39 is 0 Å². The number of hydrogen-bond acceptors (Lipinski definition) is 3. The van der Waals surface area contributed by atoms with E-state index >= 15 is 0 Å². The van der Waals surface area contributed by atoms with Crippen LogP contribution in [0.4, 0.5) is 0 Å². The predicted molar refractivity (Wildman–Crippen MR) is 57.2 cm³/mol. The lowest BCUT2D eigenvalue weighted by atomic mass is 9.76. The second-order valence-electron chi connectivity index (χ2n) is 5.20. The van der Waals surface area contributed by atoms with Crippen LogP contribution in [0.1, 0.15) is 26.7 Å². The van der Waals surface area contributed by atoms with Gasteiger partial charge in [0, 0.05) is 18.1 Å². The average Bonchev–Trinajstić information content (AvgIpc) is 2.07. The Bertz CT molecular complexity index is 203. The Hall–Kier alpha value is -0.120. The van der Waals surface area contributed by atoms with Gasteiger partial charge in [-0.3, -0.25) is 4.90 Å². The summed E-state index contributed by atoms with van der Waals surface area (Å²) in [6.45, 7) is 8.22. The van der Waals surface area contributed by atoms with Gasteiger partial charge < -0.3 is 10.5 Å². The number of rotatable bonds is 2. The Kier molecular flexibility index (Phi) is 2.82. The van der Waals surface area contributed by atoms with Crippen molar-refractivity contribution in [3.8, 4) is 0 Å². The second-order valence-corrected chi connectivity index (χ2v) is 5.20. The molecule has 2 N–H and O–H groups in total. The Labute approximate surface area is 86.6 Å². The molecule has 0 spiro atoms. The maximum Gasteiger partial charge on any atom is 0.0645 e. The maximum atomic E-state index is 5.76. The normalized spacial score (nSPS) is 37.9. The van der Waals surface area contributed by atoms with Gasteiger partial charge in [-0.1, -0.05) is 0 Å². The zero-order chi connectivity index (χ0) is 10.2. The van der Waals surface area contributed by atoms with Crippen LogP contribution in [-0.4, -0.2) is 42.8 Å². The number of ether oxygens (including phenoxy) is 1. The van der Waals surface area contributed by atoms with E-state index in [1.54, 1.807) is 0 Å². The molecule has 3 nitrogen and oxygen atoms in total. The van der Waals surface area contributed by atoms with Crippen LogP contribution in [0.3, 0.4) is 0 Å². The quantitative estimate of drug-likeness (QED) is 0.714. The Morgan fingerprint density at radius 1 is 1.43 bits per heavy atom. The van der Waals surface area contributed by atoms with E-state index in [1.165, 1.54) is 12.8 Å². The summed E-state index contributed by atoms with van der Waals surface area (Å²) in [6.07, 6.45) is 2.64. The summed E-state index contributed by atoms with van der Waals surface area (Å²) in [5.41, 5.74) is 5.97. The fourth-order valence-electron chi connectivity index (χ4n) is 2.72. The van der Waals surface area contributed by atoms with Crippen LogP contribution in [0, 0.1) is 5.92 Å². The van der Waals surface area contributed by atoms with Crippen molar-refractivity contribution < 1.29 is 4.74 Å². The molecule has 2 atom stereocenters.